The highest BCUT2D eigenvalue weighted by Gasteiger charge is 2.49. The van der Waals surface area contributed by atoms with E-state index in [0.717, 1.165) is 17.5 Å². The molecule has 2 heterocycles. The maximum atomic E-state index is 13.7. The number of benzene rings is 3. The van der Waals surface area contributed by atoms with Crippen LogP contribution in [0.3, 0.4) is 0 Å². The number of nitrogens with one attached hydrogen (secondary N) is 1. The molecule has 1 saturated carbocycles. The average Bonchev–Trinajstić information content (AvgIpc) is 3.02. The zero-order valence-corrected chi connectivity index (χ0v) is 25.9. The van der Waals surface area contributed by atoms with Crippen molar-refractivity contribution in [1.82, 2.24) is 5.32 Å². The van der Waals surface area contributed by atoms with Gasteiger partial charge in [0.1, 0.15) is 29.4 Å². The zero-order valence-electron chi connectivity index (χ0n) is 25.9. The SMILES string of the molecule is O=C(COC1(CCc2ccc([C@@H]3[C@@H](CCC(O)c4ccc(F)cc4)C(=O)N3c3ccc(F)cc3)cc2)COC1)NC1(C(=O)O)CCC1. The topological polar surface area (TPSA) is 125 Å². The molecule has 3 aromatic carbocycles. The number of aliphatic hydroxyl groups excluding tert-OH is 1. The summed E-state index contributed by atoms with van der Waals surface area (Å²) in [4.78, 5) is 39.1. The van der Waals surface area contributed by atoms with Gasteiger partial charge in [-0.3, -0.25) is 9.59 Å². The van der Waals surface area contributed by atoms with Crippen molar-refractivity contribution in [2.24, 2.45) is 5.92 Å². The molecule has 6 rings (SSSR count). The molecule has 11 heteroatoms. The summed E-state index contributed by atoms with van der Waals surface area (Å²) in [5, 5.41) is 22.8. The first kappa shape index (κ1) is 32.7. The van der Waals surface area contributed by atoms with Gasteiger partial charge in [-0.1, -0.05) is 36.4 Å². The predicted molar refractivity (Wildman–Crippen MR) is 167 cm³/mol. The van der Waals surface area contributed by atoms with Crippen LogP contribution in [0.15, 0.2) is 72.8 Å². The molecule has 47 heavy (non-hydrogen) atoms. The van der Waals surface area contributed by atoms with Crippen LogP contribution < -0.4 is 10.2 Å². The van der Waals surface area contributed by atoms with E-state index in [9.17, 15) is 33.4 Å². The number of carboxylic acid groups (broad SMARTS) is 1. The number of hydrogen-bond acceptors (Lipinski definition) is 6. The Bertz CT molecular complexity index is 1590. The molecule has 2 amide bonds. The zero-order chi connectivity index (χ0) is 33.2. The second-order valence-electron chi connectivity index (χ2n) is 12.9. The van der Waals surface area contributed by atoms with Gasteiger partial charge < -0.3 is 29.9 Å². The molecule has 0 spiro atoms. The molecule has 3 fully saturated rings. The van der Waals surface area contributed by atoms with Crippen LogP contribution in [0.4, 0.5) is 14.5 Å². The van der Waals surface area contributed by atoms with E-state index < -0.39 is 40.9 Å². The second kappa shape index (κ2) is 13.5. The van der Waals surface area contributed by atoms with Gasteiger partial charge in [0.05, 0.1) is 31.3 Å². The first-order chi connectivity index (χ1) is 22.6. The van der Waals surface area contributed by atoms with E-state index in [0.29, 0.717) is 63.0 Å². The molecule has 3 atom stereocenters. The van der Waals surface area contributed by atoms with Crippen molar-refractivity contribution >= 4 is 23.5 Å². The van der Waals surface area contributed by atoms with Gasteiger partial charge in [0.2, 0.25) is 11.8 Å². The first-order valence-electron chi connectivity index (χ1n) is 16.0. The lowest BCUT2D eigenvalue weighted by molar-refractivity contribution is -0.212. The van der Waals surface area contributed by atoms with Crippen molar-refractivity contribution in [2.75, 3.05) is 24.7 Å². The summed E-state index contributed by atoms with van der Waals surface area (Å²) in [6, 6.07) is 19.0. The van der Waals surface area contributed by atoms with Crippen LogP contribution in [0, 0.1) is 17.6 Å². The molecule has 9 nitrogen and oxygen atoms in total. The monoisotopic (exact) mass is 648 g/mol. The summed E-state index contributed by atoms with van der Waals surface area (Å²) in [6.07, 6.45) is 2.68. The largest absolute Gasteiger partial charge is 0.480 e. The Balaban J connectivity index is 1.09. The second-order valence-corrected chi connectivity index (χ2v) is 12.9. The van der Waals surface area contributed by atoms with Crippen LogP contribution in [-0.2, 0) is 30.3 Å². The van der Waals surface area contributed by atoms with Crippen molar-refractivity contribution in [1.29, 1.82) is 0 Å². The van der Waals surface area contributed by atoms with E-state index in [1.807, 2.05) is 24.3 Å². The minimum atomic E-state index is -1.19. The lowest BCUT2D eigenvalue weighted by atomic mass is 9.77. The first-order valence-corrected chi connectivity index (χ1v) is 16.0. The number of aryl methyl sites for hydroxylation is 1. The highest BCUT2D eigenvalue weighted by molar-refractivity contribution is 6.03. The number of ether oxygens (including phenoxy) is 2. The number of anilines is 1. The number of carboxylic acids is 1. The molecule has 1 unspecified atom stereocenters. The Hall–Kier alpha value is -4.19. The smallest absolute Gasteiger partial charge is 0.329 e. The minimum Gasteiger partial charge on any atom is -0.480 e. The van der Waals surface area contributed by atoms with Crippen LogP contribution in [0.5, 0.6) is 0 Å². The summed E-state index contributed by atoms with van der Waals surface area (Å²) in [5.74, 6) is -2.79. The normalized spacial score (nSPS) is 21.6. The fraction of sp³-hybridized carbons (Fsp3) is 0.417. The Morgan fingerprint density at radius 2 is 1.62 bits per heavy atom. The summed E-state index contributed by atoms with van der Waals surface area (Å²) >= 11 is 0. The number of nitrogens with zero attached hydrogens (tertiary/aromatic N) is 1. The average molecular weight is 649 g/mol. The van der Waals surface area contributed by atoms with Gasteiger partial charge in [-0.15, -0.1) is 0 Å². The van der Waals surface area contributed by atoms with Gasteiger partial charge in [-0.05, 0) is 98.0 Å². The van der Waals surface area contributed by atoms with Crippen molar-refractivity contribution in [3.05, 3.63) is 101 Å². The number of rotatable bonds is 14. The van der Waals surface area contributed by atoms with Crippen LogP contribution >= 0.6 is 0 Å². The Morgan fingerprint density at radius 3 is 2.17 bits per heavy atom. The van der Waals surface area contributed by atoms with Crippen molar-refractivity contribution < 1.29 is 42.9 Å². The van der Waals surface area contributed by atoms with Crippen molar-refractivity contribution in [3.8, 4) is 0 Å². The standard InChI is InChI=1S/C36H38F2N2O7/c37-26-8-6-24(7-9-26)30(41)15-14-29-32(40(33(29)43)28-12-10-27(38)11-13-28)25-4-2-23(3-5-25)16-19-35(21-46-22-35)47-20-31(42)39-36(34(44)45)17-1-18-36/h2-13,29-30,32,41H,1,14-22H2,(H,39,42)(H,44,45)/t29-,30?,32-/m1/s1. The van der Waals surface area contributed by atoms with E-state index in [1.54, 1.807) is 17.0 Å². The Kier molecular flexibility index (Phi) is 9.41. The number of carbonyl (C=O) groups excluding carboxylic acids is 2. The molecule has 3 N–H and O–H groups in total. The van der Waals surface area contributed by atoms with Crippen LogP contribution in [0.1, 0.15) is 67.4 Å². The molecule has 3 aliphatic rings. The molecular weight excluding hydrogens is 610 g/mol. The third kappa shape index (κ3) is 6.93. The van der Waals surface area contributed by atoms with Crippen molar-refractivity contribution in [2.45, 2.75) is 68.2 Å². The van der Waals surface area contributed by atoms with E-state index >= 15 is 0 Å². The number of amides is 2. The maximum absolute atomic E-state index is 13.7. The number of hydrogen-bond donors (Lipinski definition) is 3. The van der Waals surface area contributed by atoms with Gasteiger partial charge in [0.15, 0.2) is 0 Å². The highest BCUT2D eigenvalue weighted by Crippen LogP contribution is 2.46. The van der Waals surface area contributed by atoms with Crippen molar-refractivity contribution in [3.63, 3.8) is 0 Å². The number of β-lactam (4-membered cyclic amide) rings is 1. The van der Waals surface area contributed by atoms with Gasteiger partial charge in [0.25, 0.3) is 0 Å². The molecule has 0 radical (unpaired) electrons. The number of halogens is 2. The van der Waals surface area contributed by atoms with E-state index in [2.05, 4.69) is 5.32 Å². The van der Waals surface area contributed by atoms with Gasteiger partial charge in [-0.2, -0.15) is 0 Å². The Labute approximate surface area is 271 Å². The third-order valence-corrected chi connectivity index (χ3v) is 9.75. The highest BCUT2D eigenvalue weighted by atomic mass is 19.1. The molecule has 2 saturated heterocycles. The minimum absolute atomic E-state index is 0.114. The van der Waals surface area contributed by atoms with E-state index in [4.69, 9.17) is 9.47 Å². The van der Waals surface area contributed by atoms with Crippen LogP contribution in [0.2, 0.25) is 0 Å². The lowest BCUT2D eigenvalue weighted by Gasteiger charge is -2.48. The summed E-state index contributed by atoms with van der Waals surface area (Å²) in [5.41, 5.74) is 1.26. The fourth-order valence-electron chi connectivity index (χ4n) is 6.62. The summed E-state index contributed by atoms with van der Waals surface area (Å²) < 4.78 is 38.4. The maximum Gasteiger partial charge on any atom is 0.329 e. The predicted octanol–water partition coefficient (Wildman–Crippen LogP) is 5.02. The van der Waals surface area contributed by atoms with Gasteiger partial charge in [-0.25, -0.2) is 13.6 Å². The lowest BCUT2D eigenvalue weighted by Crippen LogP contribution is -2.60. The molecular formula is C36H38F2N2O7. The molecule has 2 aliphatic heterocycles. The molecule has 3 aromatic rings. The number of carbonyl (C=O) groups is 3. The Morgan fingerprint density at radius 1 is 0.979 bits per heavy atom. The van der Waals surface area contributed by atoms with Crippen LogP contribution in [-0.4, -0.2) is 59.0 Å². The van der Waals surface area contributed by atoms with E-state index in [-0.39, 0.29) is 24.4 Å². The molecule has 0 bridgehead atoms. The van der Waals surface area contributed by atoms with Crippen LogP contribution in [0.25, 0.3) is 0 Å². The molecule has 248 valence electrons. The van der Waals surface area contributed by atoms with Gasteiger partial charge >= 0.3 is 5.97 Å². The summed E-state index contributed by atoms with van der Waals surface area (Å²) in [7, 11) is 0. The molecule has 0 aromatic heterocycles. The summed E-state index contributed by atoms with van der Waals surface area (Å²) in [6.45, 7) is 0.429. The van der Waals surface area contributed by atoms with Gasteiger partial charge in [0, 0.05) is 5.69 Å². The number of aliphatic carboxylic acids is 1. The fourth-order valence-corrected chi connectivity index (χ4v) is 6.62. The molecule has 1 aliphatic carbocycles. The number of aliphatic hydroxyl groups is 1. The third-order valence-electron chi connectivity index (χ3n) is 9.75. The quantitative estimate of drug-likeness (QED) is 0.210. The van der Waals surface area contributed by atoms with E-state index in [1.165, 1.54) is 36.4 Å².